The molecule has 4 aromatic rings. The van der Waals surface area contributed by atoms with Crippen LogP contribution in [-0.2, 0) is 13.6 Å². The van der Waals surface area contributed by atoms with Crippen LogP contribution in [0.15, 0.2) is 73.2 Å². The molecule has 4 rings (SSSR count). The lowest BCUT2D eigenvalue weighted by Gasteiger charge is -2.07. The first kappa shape index (κ1) is 16.0. The average molecular weight is 342 g/mol. The van der Waals surface area contributed by atoms with E-state index in [0.717, 1.165) is 27.6 Å². The third kappa shape index (κ3) is 3.32. The third-order valence-electron chi connectivity index (χ3n) is 4.29. The lowest BCUT2D eigenvalue weighted by Crippen LogP contribution is -2.22. The maximum Gasteiger partial charge on any atom is 0.251 e. The molecule has 26 heavy (non-hydrogen) atoms. The average Bonchev–Trinajstić information content (AvgIpc) is 3.12. The van der Waals surface area contributed by atoms with Crippen LogP contribution in [0.1, 0.15) is 15.9 Å². The van der Waals surface area contributed by atoms with E-state index >= 15 is 0 Å². The van der Waals surface area contributed by atoms with Crippen LogP contribution in [0.3, 0.4) is 0 Å². The van der Waals surface area contributed by atoms with Gasteiger partial charge in [0.15, 0.2) is 0 Å². The zero-order valence-electron chi connectivity index (χ0n) is 14.4. The van der Waals surface area contributed by atoms with Gasteiger partial charge < -0.3 is 5.32 Å². The van der Waals surface area contributed by atoms with Gasteiger partial charge in [-0.2, -0.15) is 5.10 Å². The smallest absolute Gasteiger partial charge is 0.251 e. The maximum absolute atomic E-state index is 12.4. The molecule has 0 aliphatic heterocycles. The van der Waals surface area contributed by atoms with E-state index in [-0.39, 0.29) is 5.91 Å². The molecule has 1 amide bonds. The van der Waals surface area contributed by atoms with Gasteiger partial charge in [0.2, 0.25) is 0 Å². The number of hydrogen-bond donors (Lipinski definition) is 1. The summed E-state index contributed by atoms with van der Waals surface area (Å²) in [5.41, 5.74) is 3.44. The Bertz CT molecular complexity index is 1070. The van der Waals surface area contributed by atoms with Crippen molar-refractivity contribution in [2.75, 3.05) is 0 Å². The van der Waals surface area contributed by atoms with Crippen LogP contribution in [0, 0.1) is 0 Å². The second-order valence-corrected chi connectivity index (χ2v) is 6.20. The fourth-order valence-electron chi connectivity index (χ4n) is 2.87. The molecule has 1 N–H and O–H groups in total. The predicted octanol–water partition coefficient (Wildman–Crippen LogP) is 3.57. The van der Waals surface area contributed by atoms with Gasteiger partial charge >= 0.3 is 0 Å². The number of pyridine rings is 1. The van der Waals surface area contributed by atoms with Crippen molar-refractivity contribution in [3.8, 4) is 11.3 Å². The van der Waals surface area contributed by atoms with Crippen molar-refractivity contribution in [3.05, 3.63) is 84.3 Å². The SMILES string of the molecule is Cn1cc(-c2ccc(CNC(=O)c3ccc4ccccc4c3)cn2)cn1. The molecule has 0 aliphatic rings. The van der Waals surface area contributed by atoms with E-state index in [1.807, 2.05) is 67.8 Å². The number of rotatable bonds is 4. The van der Waals surface area contributed by atoms with E-state index in [1.54, 1.807) is 17.1 Å². The summed E-state index contributed by atoms with van der Waals surface area (Å²) in [7, 11) is 1.88. The summed E-state index contributed by atoms with van der Waals surface area (Å²) in [5, 5.41) is 9.28. The first-order valence-corrected chi connectivity index (χ1v) is 8.40. The number of fused-ring (bicyclic) bond motifs is 1. The standard InChI is InChI=1S/C21H18N4O/c1-25-14-19(13-24-25)20-9-6-15(11-22-20)12-23-21(26)18-8-7-16-4-2-3-5-17(16)10-18/h2-11,13-14H,12H2,1H3,(H,23,26). The number of hydrogen-bond acceptors (Lipinski definition) is 3. The summed E-state index contributed by atoms with van der Waals surface area (Å²) in [5.74, 6) is -0.0907. The molecular weight excluding hydrogens is 324 g/mol. The molecular formula is C21H18N4O. The van der Waals surface area contributed by atoms with Crippen molar-refractivity contribution < 1.29 is 4.79 Å². The van der Waals surface area contributed by atoms with Crippen LogP contribution in [0.2, 0.25) is 0 Å². The van der Waals surface area contributed by atoms with E-state index in [0.29, 0.717) is 12.1 Å². The minimum Gasteiger partial charge on any atom is -0.348 e. The Balaban J connectivity index is 1.43. The third-order valence-corrected chi connectivity index (χ3v) is 4.29. The predicted molar refractivity (Wildman–Crippen MR) is 102 cm³/mol. The van der Waals surface area contributed by atoms with Crippen molar-refractivity contribution >= 4 is 16.7 Å². The fraction of sp³-hybridized carbons (Fsp3) is 0.0952. The minimum atomic E-state index is -0.0907. The highest BCUT2D eigenvalue weighted by Crippen LogP contribution is 2.17. The molecule has 0 saturated heterocycles. The zero-order valence-corrected chi connectivity index (χ0v) is 14.4. The van der Waals surface area contributed by atoms with Gasteiger partial charge in [-0.05, 0) is 34.5 Å². The number of nitrogens with one attached hydrogen (secondary N) is 1. The van der Waals surface area contributed by atoms with E-state index < -0.39 is 0 Å². The van der Waals surface area contributed by atoms with Crippen LogP contribution in [0.5, 0.6) is 0 Å². The van der Waals surface area contributed by atoms with E-state index in [2.05, 4.69) is 15.4 Å². The number of carbonyl (C=O) groups excluding carboxylic acids is 1. The number of aromatic nitrogens is 3. The summed E-state index contributed by atoms with van der Waals surface area (Å²) < 4.78 is 1.74. The minimum absolute atomic E-state index is 0.0907. The lowest BCUT2D eigenvalue weighted by atomic mass is 10.1. The molecule has 0 unspecified atom stereocenters. The Labute approximate surface area is 151 Å². The molecule has 5 nitrogen and oxygen atoms in total. The molecule has 0 saturated carbocycles. The van der Waals surface area contributed by atoms with Gasteiger partial charge in [0.05, 0.1) is 11.9 Å². The normalized spacial score (nSPS) is 10.8. The molecule has 0 radical (unpaired) electrons. The summed E-state index contributed by atoms with van der Waals surface area (Å²) in [6.45, 7) is 0.436. The second kappa shape index (κ2) is 6.80. The van der Waals surface area contributed by atoms with Crippen molar-refractivity contribution in [1.82, 2.24) is 20.1 Å². The number of benzene rings is 2. The fourth-order valence-corrected chi connectivity index (χ4v) is 2.87. The van der Waals surface area contributed by atoms with Gasteiger partial charge in [0.1, 0.15) is 0 Å². The molecule has 5 heteroatoms. The number of carbonyl (C=O) groups is 1. The topological polar surface area (TPSA) is 59.8 Å². The van der Waals surface area contributed by atoms with Crippen molar-refractivity contribution in [2.24, 2.45) is 7.05 Å². The number of aryl methyl sites for hydroxylation is 1. The Hall–Kier alpha value is -3.47. The Morgan fingerprint density at radius 2 is 1.88 bits per heavy atom. The van der Waals surface area contributed by atoms with Gasteiger partial charge in [0.25, 0.3) is 5.91 Å². The van der Waals surface area contributed by atoms with E-state index in [4.69, 9.17) is 0 Å². The van der Waals surface area contributed by atoms with Crippen LogP contribution >= 0.6 is 0 Å². The van der Waals surface area contributed by atoms with Crippen LogP contribution in [0.4, 0.5) is 0 Å². The number of amides is 1. The molecule has 0 aliphatic carbocycles. The van der Waals surface area contributed by atoms with Gasteiger partial charge in [-0.25, -0.2) is 0 Å². The van der Waals surface area contributed by atoms with Crippen molar-refractivity contribution in [1.29, 1.82) is 0 Å². The Kier molecular flexibility index (Phi) is 4.19. The largest absolute Gasteiger partial charge is 0.348 e. The summed E-state index contributed by atoms with van der Waals surface area (Å²) in [6.07, 6.45) is 5.48. The van der Waals surface area contributed by atoms with E-state index in [9.17, 15) is 4.79 Å². The molecule has 0 bridgehead atoms. The first-order valence-electron chi connectivity index (χ1n) is 8.40. The van der Waals surface area contributed by atoms with Crippen LogP contribution in [0.25, 0.3) is 22.0 Å². The molecule has 2 aromatic heterocycles. The van der Waals surface area contributed by atoms with Crippen molar-refractivity contribution in [3.63, 3.8) is 0 Å². The highest BCUT2D eigenvalue weighted by Gasteiger charge is 2.07. The zero-order chi connectivity index (χ0) is 17.9. The summed E-state index contributed by atoms with van der Waals surface area (Å²) >= 11 is 0. The molecule has 0 fully saturated rings. The number of nitrogens with zero attached hydrogens (tertiary/aromatic N) is 3. The maximum atomic E-state index is 12.4. The van der Waals surface area contributed by atoms with Crippen LogP contribution < -0.4 is 5.32 Å². The highest BCUT2D eigenvalue weighted by molar-refractivity contribution is 5.98. The molecule has 128 valence electrons. The second-order valence-electron chi connectivity index (χ2n) is 6.20. The van der Waals surface area contributed by atoms with Crippen LogP contribution in [-0.4, -0.2) is 20.7 Å². The quantitative estimate of drug-likeness (QED) is 0.617. The lowest BCUT2D eigenvalue weighted by molar-refractivity contribution is 0.0951. The van der Waals surface area contributed by atoms with E-state index in [1.165, 1.54) is 0 Å². The van der Waals surface area contributed by atoms with Gasteiger partial charge in [-0.15, -0.1) is 0 Å². The van der Waals surface area contributed by atoms with Crippen molar-refractivity contribution in [2.45, 2.75) is 6.54 Å². The monoisotopic (exact) mass is 342 g/mol. The Morgan fingerprint density at radius 1 is 1.04 bits per heavy atom. The molecule has 0 atom stereocenters. The first-order chi connectivity index (χ1) is 12.7. The Morgan fingerprint density at radius 3 is 2.62 bits per heavy atom. The molecule has 2 aromatic carbocycles. The van der Waals surface area contributed by atoms with Gasteiger partial charge in [-0.3, -0.25) is 14.5 Å². The highest BCUT2D eigenvalue weighted by atomic mass is 16.1. The summed E-state index contributed by atoms with van der Waals surface area (Å²) in [6, 6.07) is 17.6. The summed E-state index contributed by atoms with van der Waals surface area (Å²) in [4.78, 5) is 16.9. The molecule has 0 spiro atoms. The van der Waals surface area contributed by atoms with Gasteiger partial charge in [0, 0.05) is 37.1 Å². The van der Waals surface area contributed by atoms with Gasteiger partial charge in [-0.1, -0.05) is 36.4 Å². The molecule has 2 heterocycles.